The van der Waals surface area contributed by atoms with Crippen LogP contribution in [0.25, 0.3) is 0 Å². The van der Waals surface area contributed by atoms with Crippen molar-refractivity contribution in [1.82, 2.24) is 25.2 Å². The Morgan fingerprint density at radius 3 is 2.92 bits per heavy atom. The van der Waals surface area contributed by atoms with Crippen molar-refractivity contribution in [2.45, 2.75) is 13.5 Å². The lowest BCUT2D eigenvalue weighted by Gasteiger charge is -2.28. The predicted molar refractivity (Wildman–Crippen MR) is 94.5 cm³/mol. The zero-order valence-electron chi connectivity index (χ0n) is 13.8. The fourth-order valence-electron chi connectivity index (χ4n) is 2.44. The summed E-state index contributed by atoms with van der Waals surface area (Å²) < 4.78 is 0. The van der Waals surface area contributed by atoms with Gasteiger partial charge in [0.1, 0.15) is 23.0 Å². The molecule has 0 aromatic carbocycles. The molecule has 0 unspecified atom stereocenters. The molecule has 1 aliphatic rings. The van der Waals surface area contributed by atoms with E-state index in [1.807, 2.05) is 18.4 Å². The van der Waals surface area contributed by atoms with Gasteiger partial charge in [-0.25, -0.2) is 19.7 Å². The molecule has 128 valence electrons. The van der Waals surface area contributed by atoms with Crippen molar-refractivity contribution in [3.8, 4) is 0 Å². The Labute approximate surface area is 144 Å². The summed E-state index contributed by atoms with van der Waals surface area (Å²) in [7, 11) is 1.74. The van der Waals surface area contributed by atoms with Crippen molar-refractivity contribution >= 4 is 29.0 Å². The number of thiazole rings is 1. The van der Waals surface area contributed by atoms with E-state index in [1.165, 1.54) is 6.33 Å². The van der Waals surface area contributed by atoms with Crippen LogP contribution < -0.4 is 15.5 Å². The summed E-state index contributed by atoms with van der Waals surface area (Å²) in [4.78, 5) is 28.9. The molecule has 2 aromatic rings. The Morgan fingerprint density at radius 1 is 1.42 bits per heavy atom. The monoisotopic (exact) mass is 347 g/mol. The van der Waals surface area contributed by atoms with E-state index in [0.717, 1.165) is 42.7 Å². The van der Waals surface area contributed by atoms with E-state index < -0.39 is 0 Å². The summed E-state index contributed by atoms with van der Waals surface area (Å²) in [5.41, 5.74) is 0.972. The van der Waals surface area contributed by atoms with Gasteiger partial charge in [-0.2, -0.15) is 0 Å². The molecule has 2 N–H and O–H groups in total. The van der Waals surface area contributed by atoms with E-state index >= 15 is 0 Å². The molecule has 1 fully saturated rings. The smallest absolute Gasteiger partial charge is 0.323 e. The maximum absolute atomic E-state index is 12.3. The van der Waals surface area contributed by atoms with Crippen LogP contribution in [0.5, 0.6) is 0 Å². The van der Waals surface area contributed by atoms with Crippen LogP contribution in [0.3, 0.4) is 0 Å². The van der Waals surface area contributed by atoms with Crippen LogP contribution in [0.15, 0.2) is 17.8 Å². The van der Waals surface area contributed by atoms with Crippen molar-refractivity contribution in [3.63, 3.8) is 0 Å². The highest BCUT2D eigenvalue weighted by Gasteiger charge is 2.15. The number of rotatable bonds is 4. The van der Waals surface area contributed by atoms with Crippen LogP contribution in [0.1, 0.15) is 10.7 Å². The number of piperazine rings is 1. The highest BCUT2D eigenvalue weighted by molar-refractivity contribution is 7.09. The van der Waals surface area contributed by atoms with Crippen molar-refractivity contribution < 1.29 is 4.79 Å². The maximum atomic E-state index is 12.3. The second kappa shape index (κ2) is 7.54. The molecule has 1 aliphatic heterocycles. The number of nitrogens with one attached hydrogen (secondary N) is 2. The molecule has 1 saturated heterocycles. The lowest BCUT2D eigenvalue weighted by molar-refractivity contribution is 0.220. The lowest BCUT2D eigenvalue weighted by Crippen LogP contribution is -2.44. The van der Waals surface area contributed by atoms with Crippen molar-refractivity contribution in [1.29, 1.82) is 0 Å². The third kappa shape index (κ3) is 4.18. The summed E-state index contributed by atoms with van der Waals surface area (Å²) in [6.45, 7) is 6.07. The number of amides is 2. The highest BCUT2D eigenvalue weighted by Crippen LogP contribution is 2.16. The first kappa shape index (κ1) is 16.6. The number of nitrogens with zero attached hydrogens (tertiary/aromatic N) is 5. The summed E-state index contributed by atoms with van der Waals surface area (Å²) in [5.74, 6) is 1.34. The second-order valence-corrected chi connectivity index (χ2v) is 6.61. The van der Waals surface area contributed by atoms with Gasteiger partial charge in [0.05, 0.1) is 6.54 Å². The number of carbonyl (C=O) groups excluding carboxylic acids is 1. The zero-order valence-corrected chi connectivity index (χ0v) is 14.6. The quantitative estimate of drug-likeness (QED) is 0.867. The first-order chi connectivity index (χ1) is 11.6. The summed E-state index contributed by atoms with van der Waals surface area (Å²) in [5, 5.41) is 9.01. The fraction of sp³-hybridized carbons (Fsp3) is 0.467. The van der Waals surface area contributed by atoms with Gasteiger partial charge in [0.2, 0.25) is 0 Å². The molecule has 24 heavy (non-hydrogen) atoms. The molecule has 0 radical (unpaired) electrons. The normalized spacial score (nSPS) is 14.5. The Kier molecular flexibility index (Phi) is 5.21. The SMILES string of the molecule is Cc1csc(CN(C)C(=O)Nc2cc(N3CCNCC3)ncn2)n1. The standard InChI is InChI=1S/C15H21N7OS/c1-11-9-24-14(19-11)8-21(2)15(23)20-12-7-13(18-10-17-12)22-5-3-16-4-6-22/h7,9-10,16H,3-6,8H2,1-2H3,(H,17,18,20,23). The van der Waals surface area contributed by atoms with E-state index in [4.69, 9.17) is 0 Å². The minimum Gasteiger partial charge on any atom is -0.354 e. The largest absolute Gasteiger partial charge is 0.354 e. The van der Waals surface area contributed by atoms with E-state index in [1.54, 1.807) is 23.3 Å². The van der Waals surface area contributed by atoms with Crippen LogP contribution in [0, 0.1) is 6.92 Å². The van der Waals surface area contributed by atoms with Gasteiger partial charge in [0.25, 0.3) is 0 Å². The molecule has 0 spiro atoms. The Hall–Kier alpha value is -2.26. The molecule has 2 amide bonds. The molecule has 3 heterocycles. The number of urea groups is 1. The van der Waals surface area contributed by atoms with Gasteiger partial charge in [-0.1, -0.05) is 0 Å². The van der Waals surface area contributed by atoms with Crippen LogP contribution in [-0.4, -0.2) is 59.1 Å². The minimum atomic E-state index is -0.215. The van der Waals surface area contributed by atoms with Gasteiger partial charge < -0.3 is 15.1 Å². The second-order valence-electron chi connectivity index (χ2n) is 5.67. The van der Waals surface area contributed by atoms with Gasteiger partial charge in [-0.15, -0.1) is 11.3 Å². The number of anilines is 2. The minimum absolute atomic E-state index is 0.215. The van der Waals surface area contributed by atoms with E-state index in [-0.39, 0.29) is 6.03 Å². The lowest BCUT2D eigenvalue weighted by atomic mass is 10.3. The molecule has 2 aromatic heterocycles. The number of aryl methyl sites for hydroxylation is 1. The van der Waals surface area contributed by atoms with Gasteiger partial charge in [-0.3, -0.25) is 5.32 Å². The molecule has 8 nitrogen and oxygen atoms in total. The van der Waals surface area contributed by atoms with Crippen LogP contribution in [0.4, 0.5) is 16.4 Å². The number of hydrogen-bond acceptors (Lipinski definition) is 7. The molecule has 0 atom stereocenters. The highest BCUT2D eigenvalue weighted by atomic mass is 32.1. The van der Waals surface area contributed by atoms with Gasteiger partial charge >= 0.3 is 6.03 Å². The molecular weight excluding hydrogens is 326 g/mol. The number of carbonyl (C=O) groups is 1. The third-order valence-electron chi connectivity index (χ3n) is 3.71. The molecule has 0 saturated carbocycles. The Balaban J connectivity index is 1.61. The topological polar surface area (TPSA) is 86.3 Å². The molecular formula is C15H21N7OS. The first-order valence-electron chi connectivity index (χ1n) is 7.82. The summed E-state index contributed by atoms with van der Waals surface area (Å²) in [6.07, 6.45) is 1.48. The summed E-state index contributed by atoms with van der Waals surface area (Å²) >= 11 is 1.55. The number of aromatic nitrogens is 3. The van der Waals surface area contributed by atoms with Crippen molar-refractivity contribution in [2.75, 3.05) is 43.4 Å². The molecule has 9 heteroatoms. The van der Waals surface area contributed by atoms with E-state index in [0.29, 0.717) is 12.4 Å². The average molecular weight is 347 g/mol. The summed E-state index contributed by atoms with van der Waals surface area (Å²) in [6, 6.07) is 1.60. The van der Waals surface area contributed by atoms with Gasteiger partial charge in [-0.05, 0) is 6.92 Å². The average Bonchev–Trinajstić information content (AvgIpc) is 3.00. The van der Waals surface area contributed by atoms with E-state index in [9.17, 15) is 4.79 Å². The van der Waals surface area contributed by atoms with Gasteiger partial charge in [0.15, 0.2) is 0 Å². The van der Waals surface area contributed by atoms with Gasteiger partial charge in [0, 0.05) is 50.4 Å². The first-order valence-corrected chi connectivity index (χ1v) is 8.70. The Morgan fingerprint density at radius 2 is 2.21 bits per heavy atom. The van der Waals surface area contributed by atoms with Crippen LogP contribution >= 0.6 is 11.3 Å². The third-order valence-corrected chi connectivity index (χ3v) is 4.67. The van der Waals surface area contributed by atoms with Crippen molar-refractivity contribution in [2.24, 2.45) is 0 Å². The Bertz CT molecular complexity index is 699. The predicted octanol–water partition coefficient (Wildman–Crippen LogP) is 1.32. The zero-order chi connectivity index (χ0) is 16.9. The van der Waals surface area contributed by atoms with E-state index in [2.05, 4.69) is 30.5 Å². The molecule has 3 rings (SSSR count). The van der Waals surface area contributed by atoms with Crippen LogP contribution in [-0.2, 0) is 6.54 Å². The fourth-order valence-corrected chi connectivity index (χ4v) is 3.26. The number of hydrogen-bond donors (Lipinski definition) is 2. The molecule has 0 bridgehead atoms. The maximum Gasteiger partial charge on any atom is 0.323 e. The van der Waals surface area contributed by atoms with Crippen LogP contribution in [0.2, 0.25) is 0 Å². The molecule has 0 aliphatic carbocycles. The van der Waals surface area contributed by atoms with Crippen molar-refractivity contribution in [3.05, 3.63) is 28.5 Å².